The fourth-order valence-corrected chi connectivity index (χ4v) is 2.67. The van der Waals surface area contributed by atoms with E-state index in [1.54, 1.807) is 0 Å². The van der Waals surface area contributed by atoms with Gasteiger partial charge in [0.25, 0.3) is 0 Å². The molecule has 1 aromatic rings. The summed E-state index contributed by atoms with van der Waals surface area (Å²) in [6.07, 6.45) is 5.51. The third kappa shape index (κ3) is 3.64. The monoisotopic (exact) mass is 240 g/mol. The molecule has 0 bridgehead atoms. The summed E-state index contributed by atoms with van der Waals surface area (Å²) in [5.41, 5.74) is 5.56. The molecule has 2 rings (SSSR count). The molecular weight excluding hydrogens is 220 g/mol. The van der Waals surface area contributed by atoms with Gasteiger partial charge in [-0.15, -0.1) is 0 Å². The first-order chi connectivity index (χ1) is 7.84. The van der Waals surface area contributed by atoms with Crippen LogP contribution in [0.15, 0.2) is 6.07 Å². The van der Waals surface area contributed by atoms with Crippen molar-refractivity contribution in [3.8, 4) is 0 Å². The van der Waals surface area contributed by atoms with E-state index >= 15 is 0 Å². The molecule has 90 valence electrons. The zero-order valence-electron chi connectivity index (χ0n) is 9.61. The number of aromatic nitrogens is 1. The van der Waals surface area contributed by atoms with Crippen LogP contribution in [0.25, 0.3) is 0 Å². The van der Waals surface area contributed by atoms with E-state index in [0.29, 0.717) is 5.82 Å². The highest BCUT2D eigenvalue weighted by atomic mass is 32.1. The van der Waals surface area contributed by atoms with E-state index < -0.39 is 0 Å². The Labute approximate surface area is 101 Å². The normalized spacial score (nSPS) is 18.2. The SMILES string of the molecule is Nc1cc(NCCN2CCCCCC2)sn1. The van der Waals surface area contributed by atoms with Crippen LogP contribution in [0.3, 0.4) is 0 Å². The van der Waals surface area contributed by atoms with Crippen LogP contribution in [-0.4, -0.2) is 35.5 Å². The predicted molar refractivity (Wildman–Crippen MR) is 69.9 cm³/mol. The fourth-order valence-electron chi connectivity index (χ4n) is 2.07. The minimum atomic E-state index is 0.613. The number of hydrogen-bond donors (Lipinski definition) is 2. The largest absolute Gasteiger partial charge is 0.383 e. The molecule has 0 aromatic carbocycles. The van der Waals surface area contributed by atoms with Gasteiger partial charge in [0.15, 0.2) is 0 Å². The highest BCUT2D eigenvalue weighted by molar-refractivity contribution is 7.10. The molecule has 1 fully saturated rings. The van der Waals surface area contributed by atoms with Crippen LogP contribution in [0, 0.1) is 0 Å². The fraction of sp³-hybridized carbons (Fsp3) is 0.727. The first-order valence-electron chi connectivity index (χ1n) is 6.03. The molecule has 0 atom stereocenters. The van der Waals surface area contributed by atoms with Crippen molar-refractivity contribution in [2.24, 2.45) is 0 Å². The van der Waals surface area contributed by atoms with Gasteiger partial charge in [0.2, 0.25) is 0 Å². The number of likely N-dealkylation sites (tertiary alicyclic amines) is 1. The maximum absolute atomic E-state index is 5.56. The molecule has 2 heterocycles. The van der Waals surface area contributed by atoms with Gasteiger partial charge in [0.1, 0.15) is 10.8 Å². The van der Waals surface area contributed by atoms with Crippen molar-refractivity contribution < 1.29 is 0 Å². The van der Waals surface area contributed by atoms with Crippen molar-refractivity contribution in [1.82, 2.24) is 9.27 Å². The van der Waals surface area contributed by atoms with E-state index in [2.05, 4.69) is 14.6 Å². The average molecular weight is 240 g/mol. The Morgan fingerprint density at radius 2 is 2.06 bits per heavy atom. The molecule has 0 spiro atoms. The van der Waals surface area contributed by atoms with Gasteiger partial charge in [-0.1, -0.05) is 12.8 Å². The maximum atomic E-state index is 5.56. The molecule has 4 nitrogen and oxygen atoms in total. The second-order valence-electron chi connectivity index (χ2n) is 4.30. The molecule has 0 amide bonds. The Bertz CT molecular complexity index is 305. The Balaban J connectivity index is 1.67. The van der Waals surface area contributed by atoms with Gasteiger partial charge in [-0.25, -0.2) is 0 Å². The van der Waals surface area contributed by atoms with Crippen LogP contribution in [0.1, 0.15) is 25.7 Å². The van der Waals surface area contributed by atoms with E-state index in [9.17, 15) is 0 Å². The minimum absolute atomic E-state index is 0.613. The van der Waals surface area contributed by atoms with Gasteiger partial charge < -0.3 is 16.0 Å². The van der Waals surface area contributed by atoms with E-state index in [-0.39, 0.29) is 0 Å². The number of nitrogens with zero attached hydrogens (tertiary/aromatic N) is 2. The number of rotatable bonds is 4. The Hall–Kier alpha value is -0.810. The number of anilines is 2. The van der Waals surface area contributed by atoms with E-state index in [1.165, 1.54) is 50.3 Å². The number of nitrogens with one attached hydrogen (secondary N) is 1. The van der Waals surface area contributed by atoms with Crippen molar-refractivity contribution in [3.63, 3.8) is 0 Å². The molecule has 1 aliphatic rings. The van der Waals surface area contributed by atoms with Gasteiger partial charge in [-0.3, -0.25) is 0 Å². The smallest absolute Gasteiger partial charge is 0.139 e. The topological polar surface area (TPSA) is 54.2 Å². The molecule has 1 saturated heterocycles. The predicted octanol–water partition coefficient (Wildman–Crippen LogP) is 2.01. The molecule has 3 N–H and O–H groups in total. The lowest BCUT2D eigenvalue weighted by Gasteiger charge is -2.19. The molecular formula is C11H20N4S. The van der Waals surface area contributed by atoms with E-state index in [4.69, 9.17) is 5.73 Å². The van der Waals surface area contributed by atoms with Crippen molar-refractivity contribution in [2.45, 2.75) is 25.7 Å². The summed E-state index contributed by atoms with van der Waals surface area (Å²) < 4.78 is 4.04. The third-order valence-corrected chi connectivity index (χ3v) is 3.72. The van der Waals surface area contributed by atoms with Gasteiger partial charge in [-0.05, 0) is 37.5 Å². The quantitative estimate of drug-likeness (QED) is 0.845. The van der Waals surface area contributed by atoms with Crippen LogP contribution in [0.5, 0.6) is 0 Å². The van der Waals surface area contributed by atoms with Crippen LogP contribution in [0.4, 0.5) is 10.8 Å². The number of nitrogen functional groups attached to an aromatic ring is 1. The summed E-state index contributed by atoms with van der Waals surface area (Å²) in [6, 6.07) is 1.90. The average Bonchev–Trinajstić information content (AvgIpc) is 2.54. The minimum Gasteiger partial charge on any atom is -0.383 e. The lowest BCUT2D eigenvalue weighted by atomic mass is 10.2. The van der Waals surface area contributed by atoms with Crippen molar-refractivity contribution >= 4 is 22.4 Å². The Morgan fingerprint density at radius 3 is 2.69 bits per heavy atom. The highest BCUT2D eigenvalue weighted by Crippen LogP contribution is 2.17. The van der Waals surface area contributed by atoms with Crippen molar-refractivity contribution in [2.75, 3.05) is 37.2 Å². The van der Waals surface area contributed by atoms with Crippen LogP contribution in [0.2, 0.25) is 0 Å². The molecule has 5 heteroatoms. The lowest BCUT2D eigenvalue weighted by molar-refractivity contribution is 0.296. The van der Waals surface area contributed by atoms with Crippen LogP contribution in [-0.2, 0) is 0 Å². The van der Waals surface area contributed by atoms with Gasteiger partial charge >= 0.3 is 0 Å². The first kappa shape index (κ1) is 11.7. The van der Waals surface area contributed by atoms with E-state index in [1.807, 2.05) is 6.07 Å². The van der Waals surface area contributed by atoms with Crippen LogP contribution < -0.4 is 11.1 Å². The Morgan fingerprint density at radius 1 is 1.31 bits per heavy atom. The summed E-state index contributed by atoms with van der Waals surface area (Å²) in [5.74, 6) is 0.613. The first-order valence-corrected chi connectivity index (χ1v) is 6.80. The second-order valence-corrected chi connectivity index (χ2v) is 5.10. The summed E-state index contributed by atoms with van der Waals surface area (Å²) >= 11 is 1.44. The molecule has 16 heavy (non-hydrogen) atoms. The van der Waals surface area contributed by atoms with Gasteiger partial charge in [0, 0.05) is 19.2 Å². The Kier molecular flexibility index (Phi) is 4.42. The molecule has 1 aromatic heterocycles. The zero-order chi connectivity index (χ0) is 11.2. The summed E-state index contributed by atoms with van der Waals surface area (Å²) in [5, 5.41) is 4.44. The maximum Gasteiger partial charge on any atom is 0.139 e. The molecule has 0 saturated carbocycles. The lowest BCUT2D eigenvalue weighted by Crippen LogP contribution is -2.29. The molecule has 0 radical (unpaired) electrons. The zero-order valence-corrected chi connectivity index (χ0v) is 10.4. The highest BCUT2D eigenvalue weighted by Gasteiger charge is 2.08. The van der Waals surface area contributed by atoms with Crippen molar-refractivity contribution in [1.29, 1.82) is 0 Å². The van der Waals surface area contributed by atoms with E-state index in [0.717, 1.165) is 18.1 Å². The van der Waals surface area contributed by atoms with Gasteiger partial charge in [0.05, 0.1) is 0 Å². The number of hydrogen-bond acceptors (Lipinski definition) is 5. The third-order valence-electron chi connectivity index (χ3n) is 2.95. The van der Waals surface area contributed by atoms with Gasteiger partial charge in [-0.2, -0.15) is 4.37 Å². The van der Waals surface area contributed by atoms with Crippen molar-refractivity contribution in [3.05, 3.63) is 6.07 Å². The van der Waals surface area contributed by atoms with Crippen LogP contribution >= 0.6 is 11.5 Å². The number of nitrogens with two attached hydrogens (primary N) is 1. The second kappa shape index (κ2) is 6.06. The summed E-state index contributed by atoms with van der Waals surface area (Å²) in [6.45, 7) is 4.62. The molecule has 1 aliphatic heterocycles. The molecule has 0 unspecified atom stereocenters. The standard InChI is InChI=1S/C11H20N4S/c12-10-9-11(16-14-10)13-5-8-15-6-3-1-2-4-7-15/h9,13H,1-8H2,(H2,12,14). The summed E-state index contributed by atoms with van der Waals surface area (Å²) in [7, 11) is 0. The molecule has 0 aliphatic carbocycles. The summed E-state index contributed by atoms with van der Waals surface area (Å²) in [4.78, 5) is 2.55.